The van der Waals surface area contributed by atoms with E-state index in [1.54, 1.807) is 23.3 Å². The quantitative estimate of drug-likeness (QED) is 0.0726. The minimum absolute atomic E-state index is 0.120. The van der Waals surface area contributed by atoms with Crippen LogP contribution in [0.4, 0.5) is 11.4 Å². The van der Waals surface area contributed by atoms with E-state index in [0.717, 1.165) is 85.1 Å². The van der Waals surface area contributed by atoms with E-state index >= 15 is 0 Å². The van der Waals surface area contributed by atoms with Crippen molar-refractivity contribution >= 4 is 22.7 Å². The van der Waals surface area contributed by atoms with Gasteiger partial charge in [0.25, 0.3) is 0 Å². The highest BCUT2D eigenvalue weighted by molar-refractivity contribution is 5.78. The Balaban J connectivity index is 0.867. The van der Waals surface area contributed by atoms with Gasteiger partial charge in [-0.15, -0.1) is 5.10 Å². The molecule has 0 radical (unpaired) electrons. The average Bonchev–Trinajstić information content (AvgIpc) is 4.15. The van der Waals surface area contributed by atoms with Gasteiger partial charge in [-0.05, 0) is 68.4 Å². The second-order valence-corrected chi connectivity index (χ2v) is 15.4. The average molecular weight is 865 g/mol. The lowest BCUT2D eigenvalue weighted by molar-refractivity contribution is 0.185. The molecular formula is C48H44N14O3. The minimum Gasteiger partial charge on any atom is -0.497 e. The van der Waals surface area contributed by atoms with Gasteiger partial charge < -0.3 is 34.8 Å². The molecule has 0 aliphatic rings. The molecule has 17 heteroatoms. The van der Waals surface area contributed by atoms with Crippen molar-refractivity contribution in [2.45, 2.75) is 40.2 Å². The third-order valence-corrected chi connectivity index (χ3v) is 10.7. The summed E-state index contributed by atoms with van der Waals surface area (Å²) in [5.74, 6) is 3.17. The van der Waals surface area contributed by atoms with E-state index in [-0.39, 0.29) is 6.61 Å². The molecule has 0 bridgehead atoms. The highest BCUT2D eigenvalue weighted by Gasteiger charge is 2.19. The van der Waals surface area contributed by atoms with Gasteiger partial charge in [-0.25, -0.2) is 29.0 Å². The second-order valence-electron chi connectivity index (χ2n) is 15.4. The highest BCUT2D eigenvalue weighted by atomic mass is 16.5. The summed E-state index contributed by atoms with van der Waals surface area (Å²) in [5, 5.41) is 16.1. The van der Waals surface area contributed by atoms with E-state index in [2.05, 4.69) is 30.7 Å². The minimum atomic E-state index is 0.120. The van der Waals surface area contributed by atoms with E-state index in [1.165, 1.54) is 6.33 Å². The normalized spacial score (nSPS) is 11.4. The number of pyridine rings is 4. The van der Waals surface area contributed by atoms with E-state index in [4.69, 9.17) is 44.2 Å². The number of aryl methyl sites for hydroxylation is 2. The number of anilines is 2. The number of imidazole rings is 2. The van der Waals surface area contributed by atoms with Crippen LogP contribution in [0.1, 0.15) is 34.4 Å². The van der Waals surface area contributed by atoms with Crippen LogP contribution in [0.3, 0.4) is 0 Å². The Morgan fingerprint density at radius 2 is 1.28 bits per heavy atom. The Morgan fingerprint density at radius 1 is 0.615 bits per heavy atom. The van der Waals surface area contributed by atoms with Crippen LogP contribution in [0, 0.1) is 13.8 Å². The number of rotatable bonds is 16. The summed E-state index contributed by atoms with van der Waals surface area (Å²) in [6, 6.07) is 33.4. The summed E-state index contributed by atoms with van der Waals surface area (Å²) >= 11 is 0. The molecule has 8 aromatic heterocycles. The molecule has 0 atom stereocenters. The zero-order valence-corrected chi connectivity index (χ0v) is 36.1. The van der Waals surface area contributed by atoms with E-state index < -0.39 is 0 Å². The fourth-order valence-corrected chi connectivity index (χ4v) is 7.61. The van der Waals surface area contributed by atoms with Gasteiger partial charge in [-0.1, -0.05) is 30.3 Å². The van der Waals surface area contributed by atoms with Gasteiger partial charge in [0.1, 0.15) is 36.1 Å². The molecule has 0 amide bonds. The topological polar surface area (TPSA) is 195 Å². The first-order valence-corrected chi connectivity index (χ1v) is 20.9. The predicted molar refractivity (Wildman–Crippen MR) is 246 cm³/mol. The van der Waals surface area contributed by atoms with Crippen molar-refractivity contribution < 1.29 is 14.2 Å². The molecule has 10 aromatic rings. The number of fused-ring (bicyclic) bond motifs is 2. The summed E-state index contributed by atoms with van der Waals surface area (Å²) in [4.78, 5) is 35.8. The number of ether oxygens (including phenoxy) is 3. The number of hydrogen-bond donors (Lipinski definition) is 4. The lowest BCUT2D eigenvalue weighted by Crippen LogP contribution is -2.04. The van der Waals surface area contributed by atoms with Crippen LogP contribution in [0.2, 0.25) is 0 Å². The van der Waals surface area contributed by atoms with Gasteiger partial charge in [0.15, 0.2) is 17.1 Å². The lowest BCUT2D eigenvalue weighted by atomic mass is 10.1. The molecule has 2 aromatic carbocycles. The number of para-hydroxylation sites is 1. The first kappa shape index (κ1) is 40.6. The number of aromatic amines is 2. The van der Waals surface area contributed by atoms with Gasteiger partial charge in [0.05, 0.1) is 61.0 Å². The first-order chi connectivity index (χ1) is 31.8. The molecule has 0 saturated heterocycles. The lowest BCUT2D eigenvalue weighted by Gasteiger charge is -2.11. The smallest absolute Gasteiger partial charge is 0.189 e. The first-order valence-electron chi connectivity index (χ1n) is 20.9. The van der Waals surface area contributed by atoms with Gasteiger partial charge in [-0.3, -0.25) is 9.97 Å². The third-order valence-electron chi connectivity index (χ3n) is 10.7. The number of benzene rings is 2. The van der Waals surface area contributed by atoms with Crippen molar-refractivity contribution in [1.82, 2.24) is 59.1 Å². The Labute approximate surface area is 373 Å². The molecule has 0 aliphatic heterocycles. The molecule has 65 heavy (non-hydrogen) atoms. The fourth-order valence-electron chi connectivity index (χ4n) is 7.61. The van der Waals surface area contributed by atoms with E-state index in [9.17, 15) is 0 Å². The number of H-pyrrole nitrogens is 2. The summed E-state index contributed by atoms with van der Waals surface area (Å²) in [7, 11) is 3.31. The zero-order valence-electron chi connectivity index (χ0n) is 36.1. The third kappa shape index (κ3) is 8.80. The van der Waals surface area contributed by atoms with Gasteiger partial charge in [-0.2, -0.15) is 5.10 Å². The van der Waals surface area contributed by atoms with E-state index in [1.807, 2.05) is 129 Å². The van der Waals surface area contributed by atoms with Crippen LogP contribution in [0.15, 0.2) is 122 Å². The Kier molecular flexibility index (Phi) is 11.1. The SMILES string of the molecule is COCc1ccccc1NCc1nc(-c2ccc3nc(COc4cc(NCc5nc(-c6ccc7ncnn7c6)c(-c6cccc(C)n6)[nH]5)cc(OC)c4)nn3c2)c(-c2cccc(C)n2)[nH]1. The summed E-state index contributed by atoms with van der Waals surface area (Å²) in [6.45, 7) is 5.41. The Bertz CT molecular complexity index is 3300. The zero-order chi connectivity index (χ0) is 44.3. The van der Waals surface area contributed by atoms with Crippen LogP contribution in [0.25, 0.3) is 56.6 Å². The molecule has 0 aliphatic carbocycles. The molecule has 0 unspecified atom stereocenters. The van der Waals surface area contributed by atoms with Crippen molar-refractivity contribution in [3.8, 4) is 56.8 Å². The van der Waals surface area contributed by atoms with Crippen LogP contribution in [-0.4, -0.2) is 73.3 Å². The fraction of sp³-hybridized carbons (Fsp3) is 0.167. The largest absolute Gasteiger partial charge is 0.497 e. The molecule has 0 fully saturated rings. The molecule has 324 valence electrons. The van der Waals surface area contributed by atoms with Crippen molar-refractivity contribution in [2.24, 2.45) is 0 Å². The van der Waals surface area contributed by atoms with Gasteiger partial charge in [0.2, 0.25) is 0 Å². The Hall–Kier alpha value is -8.44. The number of methoxy groups -OCH3 is 2. The molecule has 17 nitrogen and oxygen atoms in total. The summed E-state index contributed by atoms with van der Waals surface area (Å²) in [5.41, 5.74) is 12.5. The number of nitrogens with one attached hydrogen (secondary N) is 4. The maximum absolute atomic E-state index is 6.28. The molecule has 8 heterocycles. The molecule has 10 rings (SSSR count). The summed E-state index contributed by atoms with van der Waals surface area (Å²) in [6.07, 6.45) is 5.37. The van der Waals surface area contributed by atoms with Crippen molar-refractivity contribution in [3.05, 3.63) is 156 Å². The van der Waals surface area contributed by atoms with Crippen molar-refractivity contribution in [3.63, 3.8) is 0 Å². The highest BCUT2D eigenvalue weighted by Crippen LogP contribution is 2.33. The van der Waals surface area contributed by atoms with Crippen LogP contribution in [-0.2, 0) is 31.0 Å². The van der Waals surface area contributed by atoms with Crippen LogP contribution in [0.5, 0.6) is 11.5 Å². The monoisotopic (exact) mass is 864 g/mol. The van der Waals surface area contributed by atoms with Crippen molar-refractivity contribution in [2.75, 3.05) is 24.9 Å². The molecule has 0 saturated carbocycles. The molecular weight excluding hydrogens is 821 g/mol. The molecule has 4 N–H and O–H groups in total. The van der Waals surface area contributed by atoms with Gasteiger partial charge in [0, 0.05) is 77.2 Å². The van der Waals surface area contributed by atoms with Crippen LogP contribution < -0.4 is 20.1 Å². The van der Waals surface area contributed by atoms with Gasteiger partial charge >= 0.3 is 0 Å². The van der Waals surface area contributed by atoms with Crippen molar-refractivity contribution in [1.29, 1.82) is 0 Å². The predicted octanol–water partition coefficient (Wildman–Crippen LogP) is 8.25. The van der Waals surface area contributed by atoms with E-state index in [0.29, 0.717) is 48.5 Å². The second kappa shape index (κ2) is 17.7. The number of hydrogen-bond acceptors (Lipinski definition) is 13. The number of nitrogens with zero attached hydrogens (tertiary/aromatic N) is 10. The maximum Gasteiger partial charge on any atom is 0.189 e. The Morgan fingerprint density at radius 3 is 1.97 bits per heavy atom. The number of aromatic nitrogens is 12. The van der Waals surface area contributed by atoms with Crippen LogP contribution >= 0.6 is 0 Å². The summed E-state index contributed by atoms with van der Waals surface area (Å²) < 4.78 is 20.8. The maximum atomic E-state index is 6.28. The standard InChI is InChI=1S/C48H44N14O3/c1-29-9-7-13-38(53-29)47-45(31-15-17-43-51-28-52-61(43)24-31)56-40(58-47)22-49-34-19-35(64-4)21-36(20-34)65-27-42-55-44-18-16-32(25-62(44)60-42)46-48(39-14-8-10-30(2)54-39)59-41(57-46)23-50-37-12-6-5-11-33(37)26-63-3/h5-21,24-25,28,49-50H,22-23,26-27H2,1-4H3,(H,56,58)(H,57,59). The molecule has 0 spiro atoms.